The number of nitrogens with zero attached hydrogens (tertiary/aromatic N) is 2. The summed E-state index contributed by atoms with van der Waals surface area (Å²) in [5.41, 5.74) is 7.81. The average molecular weight is 317 g/mol. The van der Waals surface area contributed by atoms with Crippen LogP contribution in [0.1, 0.15) is 36.2 Å². The molecular formula is C18H27N3O2. The van der Waals surface area contributed by atoms with Crippen molar-refractivity contribution in [2.45, 2.75) is 33.2 Å². The topological polar surface area (TPSA) is 66.6 Å². The van der Waals surface area contributed by atoms with Gasteiger partial charge in [0.05, 0.1) is 6.04 Å². The van der Waals surface area contributed by atoms with Crippen LogP contribution in [0.3, 0.4) is 0 Å². The van der Waals surface area contributed by atoms with Gasteiger partial charge in [0.25, 0.3) is 5.91 Å². The minimum Gasteiger partial charge on any atom is -0.338 e. The third kappa shape index (κ3) is 4.55. The highest BCUT2D eigenvalue weighted by atomic mass is 16.2. The Bertz CT molecular complexity index is 546. The molecule has 1 aliphatic heterocycles. The standard InChI is InChI=1S/C18H27N3O2/c1-13(2)12-16(19)18(23)21-10-8-20(9-11-21)17(22)15-6-4-14(3)5-7-15/h4-7,13,16H,8-12,19H2,1-3H3/t16-/m0/s1. The van der Waals surface area contributed by atoms with Crippen molar-refractivity contribution in [2.75, 3.05) is 26.2 Å². The fraction of sp³-hybridized carbons (Fsp3) is 0.556. The number of carbonyl (C=O) groups excluding carboxylic acids is 2. The quantitative estimate of drug-likeness (QED) is 0.918. The molecule has 0 unspecified atom stereocenters. The second kappa shape index (κ2) is 7.59. The predicted molar refractivity (Wildman–Crippen MR) is 91.1 cm³/mol. The van der Waals surface area contributed by atoms with Gasteiger partial charge in [0.15, 0.2) is 0 Å². The summed E-state index contributed by atoms with van der Waals surface area (Å²) >= 11 is 0. The zero-order chi connectivity index (χ0) is 17.0. The molecule has 23 heavy (non-hydrogen) atoms. The molecule has 1 fully saturated rings. The first kappa shape index (κ1) is 17.5. The summed E-state index contributed by atoms with van der Waals surface area (Å²) in [7, 11) is 0. The molecule has 1 aromatic carbocycles. The Balaban J connectivity index is 1.89. The second-order valence-electron chi connectivity index (χ2n) is 6.72. The lowest BCUT2D eigenvalue weighted by molar-refractivity contribution is -0.134. The zero-order valence-corrected chi connectivity index (χ0v) is 14.3. The lowest BCUT2D eigenvalue weighted by Crippen LogP contribution is -2.54. The van der Waals surface area contributed by atoms with Crippen LogP contribution >= 0.6 is 0 Å². The van der Waals surface area contributed by atoms with Gasteiger partial charge in [-0.05, 0) is 31.4 Å². The van der Waals surface area contributed by atoms with Gasteiger partial charge in [-0.25, -0.2) is 0 Å². The molecule has 2 rings (SSSR count). The minimum atomic E-state index is -0.436. The van der Waals surface area contributed by atoms with Crippen LogP contribution in [0.25, 0.3) is 0 Å². The third-order valence-electron chi connectivity index (χ3n) is 4.22. The molecule has 1 aliphatic rings. The van der Waals surface area contributed by atoms with Gasteiger partial charge in [-0.1, -0.05) is 31.5 Å². The molecule has 1 saturated heterocycles. The van der Waals surface area contributed by atoms with Gasteiger partial charge < -0.3 is 15.5 Å². The van der Waals surface area contributed by atoms with Crippen LogP contribution in [-0.4, -0.2) is 53.8 Å². The van der Waals surface area contributed by atoms with Crippen molar-refractivity contribution in [1.82, 2.24) is 9.80 Å². The first-order valence-electron chi connectivity index (χ1n) is 8.28. The Hall–Kier alpha value is -1.88. The average Bonchev–Trinajstić information content (AvgIpc) is 2.53. The fourth-order valence-electron chi connectivity index (χ4n) is 2.85. The monoisotopic (exact) mass is 317 g/mol. The van der Waals surface area contributed by atoms with E-state index in [2.05, 4.69) is 13.8 Å². The second-order valence-corrected chi connectivity index (χ2v) is 6.72. The van der Waals surface area contributed by atoms with Gasteiger partial charge in [-0.3, -0.25) is 9.59 Å². The summed E-state index contributed by atoms with van der Waals surface area (Å²) < 4.78 is 0. The Kier molecular flexibility index (Phi) is 5.77. The number of hydrogen-bond acceptors (Lipinski definition) is 3. The van der Waals surface area contributed by atoms with Crippen LogP contribution in [0.15, 0.2) is 24.3 Å². The molecule has 1 atom stereocenters. The van der Waals surface area contributed by atoms with Crippen LogP contribution in [0.4, 0.5) is 0 Å². The first-order valence-corrected chi connectivity index (χ1v) is 8.28. The Morgan fingerprint density at radius 1 is 1.04 bits per heavy atom. The van der Waals surface area contributed by atoms with Gasteiger partial charge in [0.2, 0.25) is 5.91 Å². The van der Waals surface area contributed by atoms with Crippen LogP contribution in [-0.2, 0) is 4.79 Å². The number of amides is 2. The molecule has 0 aromatic heterocycles. The van der Waals surface area contributed by atoms with E-state index in [1.165, 1.54) is 0 Å². The number of aryl methyl sites for hydroxylation is 1. The summed E-state index contributed by atoms with van der Waals surface area (Å²) in [6.45, 7) is 8.36. The Morgan fingerprint density at radius 2 is 1.57 bits per heavy atom. The third-order valence-corrected chi connectivity index (χ3v) is 4.22. The van der Waals surface area contributed by atoms with E-state index in [0.29, 0.717) is 44.1 Å². The van der Waals surface area contributed by atoms with Crippen molar-refractivity contribution >= 4 is 11.8 Å². The van der Waals surface area contributed by atoms with E-state index >= 15 is 0 Å². The summed E-state index contributed by atoms with van der Waals surface area (Å²) in [4.78, 5) is 28.4. The zero-order valence-electron chi connectivity index (χ0n) is 14.3. The molecule has 1 aromatic rings. The number of carbonyl (C=O) groups is 2. The number of rotatable bonds is 4. The Labute approximate surface area is 138 Å². The van der Waals surface area contributed by atoms with E-state index in [9.17, 15) is 9.59 Å². The van der Waals surface area contributed by atoms with Crippen LogP contribution < -0.4 is 5.73 Å². The molecule has 0 radical (unpaired) electrons. The number of benzene rings is 1. The maximum Gasteiger partial charge on any atom is 0.253 e. The van der Waals surface area contributed by atoms with Gasteiger partial charge in [0.1, 0.15) is 0 Å². The van der Waals surface area contributed by atoms with Gasteiger partial charge in [0, 0.05) is 31.7 Å². The molecule has 2 N–H and O–H groups in total. The lowest BCUT2D eigenvalue weighted by Gasteiger charge is -2.36. The fourth-order valence-corrected chi connectivity index (χ4v) is 2.85. The highest BCUT2D eigenvalue weighted by Crippen LogP contribution is 2.12. The van der Waals surface area contributed by atoms with Crippen molar-refractivity contribution in [3.05, 3.63) is 35.4 Å². The number of nitrogens with two attached hydrogens (primary N) is 1. The molecule has 2 amide bonds. The summed E-state index contributed by atoms with van der Waals surface area (Å²) in [5.74, 6) is 0.433. The van der Waals surface area contributed by atoms with Crippen LogP contribution in [0.5, 0.6) is 0 Å². The highest BCUT2D eigenvalue weighted by molar-refractivity contribution is 5.94. The Morgan fingerprint density at radius 3 is 2.09 bits per heavy atom. The maximum absolute atomic E-state index is 12.5. The molecular weight excluding hydrogens is 290 g/mol. The summed E-state index contributed by atoms with van der Waals surface area (Å²) in [5, 5.41) is 0. The number of piperazine rings is 1. The van der Waals surface area contributed by atoms with Gasteiger partial charge >= 0.3 is 0 Å². The van der Waals surface area contributed by atoms with Crippen molar-refractivity contribution in [3.63, 3.8) is 0 Å². The van der Waals surface area contributed by atoms with E-state index in [0.717, 1.165) is 5.56 Å². The highest BCUT2D eigenvalue weighted by Gasteiger charge is 2.27. The lowest BCUT2D eigenvalue weighted by atomic mass is 10.0. The van der Waals surface area contributed by atoms with Gasteiger partial charge in [-0.15, -0.1) is 0 Å². The van der Waals surface area contributed by atoms with E-state index in [-0.39, 0.29) is 11.8 Å². The molecule has 0 bridgehead atoms. The minimum absolute atomic E-state index is 0.00105. The summed E-state index contributed by atoms with van der Waals surface area (Å²) in [6, 6.07) is 7.16. The number of hydrogen-bond donors (Lipinski definition) is 1. The molecule has 126 valence electrons. The molecule has 0 aliphatic carbocycles. The van der Waals surface area contributed by atoms with E-state index in [1.807, 2.05) is 36.1 Å². The van der Waals surface area contributed by atoms with E-state index in [4.69, 9.17) is 5.73 Å². The van der Waals surface area contributed by atoms with Crippen LogP contribution in [0, 0.1) is 12.8 Å². The van der Waals surface area contributed by atoms with Crippen molar-refractivity contribution in [2.24, 2.45) is 11.7 Å². The smallest absolute Gasteiger partial charge is 0.253 e. The SMILES string of the molecule is Cc1ccc(C(=O)N2CCN(C(=O)[C@@H](N)CC(C)C)CC2)cc1. The van der Waals surface area contributed by atoms with Crippen molar-refractivity contribution < 1.29 is 9.59 Å². The largest absolute Gasteiger partial charge is 0.338 e. The molecule has 1 heterocycles. The van der Waals surface area contributed by atoms with Gasteiger partial charge in [-0.2, -0.15) is 0 Å². The van der Waals surface area contributed by atoms with Crippen LogP contribution in [0.2, 0.25) is 0 Å². The normalized spacial score (nSPS) is 16.6. The molecule has 0 spiro atoms. The molecule has 0 saturated carbocycles. The van der Waals surface area contributed by atoms with Crippen molar-refractivity contribution in [1.29, 1.82) is 0 Å². The maximum atomic E-state index is 12.5. The summed E-state index contributed by atoms with van der Waals surface area (Å²) in [6.07, 6.45) is 0.696. The first-order chi connectivity index (χ1) is 10.9. The van der Waals surface area contributed by atoms with E-state index < -0.39 is 6.04 Å². The predicted octanol–water partition coefficient (Wildman–Crippen LogP) is 1.65. The molecule has 5 heteroatoms. The van der Waals surface area contributed by atoms with Crippen molar-refractivity contribution in [3.8, 4) is 0 Å². The molecule has 5 nitrogen and oxygen atoms in total. The van der Waals surface area contributed by atoms with E-state index in [1.54, 1.807) is 4.90 Å².